The summed E-state index contributed by atoms with van der Waals surface area (Å²) in [4.78, 5) is 22.9. The van der Waals surface area contributed by atoms with Crippen LogP contribution >= 0.6 is 0 Å². The summed E-state index contributed by atoms with van der Waals surface area (Å²) in [5.41, 5.74) is 0.562. The monoisotopic (exact) mass is 264 g/mol. The zero-order valence-electron chi connectivity index (χ0n) is 11.2. The maximum atomic E-state index is 11.7. The third-order valence-electron chi connectivity index (χ3n) is 2.91. The Morgan fingerprint density at radius 2 is 1.89 bits per heavy atom. The van der Waals surface area contributed by atoms with Crippen molar-refractivity contribution in [2.24, 2.45) is 0 Å². The topological polar surface area (TPSA) is 78.4 Å². The highest BCUT2D eigenvalue weighted by Gasteiger charge is 2.21. The van der Waals surface area contributed by atoms with Gasteiger partial charge in [-0.25, -0.2) is 4.79 Å². The molecule has 0 aliphatic carbocycles. The second kappa shape index (κ2) is 7.53. The standard InChI is InChI=1S/C14H20N2O3/c1-3-10(2)15-9-12(17)16-13(14(18)19)11-7-5-4-6-8-11/h4-8,10,13,15H,3,9H2,1-2H3,(H,16,17)(H,18,19)/t10?,13-/m0/s1. The van der Waals surface area contributed by atoms with Gasteiger partial charge in [0.1, 0.15) is 0 Å². The molecule has 19 heavy (non-hydrogen) atoms. The van der Waals surface area contributed by atoms with Crippen molar-refractivity contribution in [1.29, 1.82) is 0 Å². The van der Waals surface area contributed by atoms with Crippen molar-refractivity contribution in [2.75, 3.05) is 6.54 Å². The second-order valence-electron chi connectivity index (χ2n) is 4.44. The molecule has 1 amide bonds. The number of nitrogens with one attached hydrogen (secondary N) is 2. The fourth-order valence-electron chi connectivity index (χ4n) is 1.56. The van der Waals surface area contributed by atoms with E-state index in [1.807, 2.05) is 13.8 Å². The number of carbonyl (C=O) groups excluding carboxylic acids is 1. The minimum atomic E-state index is -1.07. The average molecular weight is 264 g/mol. The van der Waals surface area contributed by atoms with E-state index in [0.29, 0.717) is 5.56 Å². The van der Waals surface area contributed by atoms with Crippen LogP contribution in [-0.2, 0) is 9.59 Å². The predicted octanol–water partition coefficient (Wildman–Crippen LogP) is 1.32. The number of carboxylic acid groups (broad SMARTS) is 1. The molecule has 0 aliphatic heterocycles. The maximum absolute atomic E-state index is 11.7. The van der Waals surface area contributed by atoms with Crippen LogP contribution in [0.15, 0.2) is 30.3 Å². The van der Waals surface area contributed by atoms with Crippen LogP contribution in [0.3, 0.4) is 0 Å². The molecule has 0 bridgehead atoms. The van der Waals surface area contributed by atoms with Crippen molar-refractivity contribution in [3.05, 3.63) is 35.9 Å². The quantitative estimate of drug-likeness (QED) is 0.694. The van der Waals surface area contributed by atoms with Crippen LogP contribution in [0.1, 0.15) is 31.9 Å². The Kier molecular flexibility index (Phi) is 6.02. The van der Waals surface area contributed by atoms with Gasteiger partial charge in [-0.1, -0.05) is 37.3 Å². The summed E-state index contributed by atoms with van der Waals surface area (Å²) in [5, 5.41) is 14.7. The van der Waals surface area contributed by atoms with Gasteiger partial charge in [-0.3, -0.25) is 4.79 Å². The molecular weight excluding hydrogens is 244 g/mol. The van der Waals surface area contributed by atoms with Crippen LogP contribution in [0.25, 0.3) is 0 Å². The Hall–Kier alpha value is -1.88. The van der Waals surface area contributed by atoms with E-state index < -0.39 is 12.0 Å². The van der Waals surface area contributed by atoms with Crippen molar-refractivity contribution in [3.8, 4) is 0 Å². The van der Waals surface area contributed by atoms with Gasteiger partial charge in [0.25, 0.3) is 0 Å². The Labute approximate surface area is 113 Å². The summed E-state index contributed by atoms with van der Waals surface area (Å²) in [6.45, 7) is 4.10. The number of carbonyl (C=O) groups is 2. The second-order valence-corrected chi connectivity index (χ2v) is 4.44. The first kappa shape index (κ1) is 15.2. The highest BCUT2D eigenvalue weighted by Crippen LogP contribution is 2.12. The van der Waals surface area contributed by atoms with E-state index in [1.165, 1.54) is 0 Å². The van der Waals surface area contributed by atoms with Gasteiger partial charge in [-0.05, 0) is 18.9 Å². The first-order valence-electron chi connectivity index (χ1n) is 6.35. The van der Waals surface area contributed by atoms with Gasteiger partial charge < -0.3 is 15.7 Å². The minimum absolute atomic E-state index is 0.117. The van der Waals surface area contributed by atoms with Gasteiger partial charge in [-0.15, -0.1) is 0 Å². The Morgan fingerprint density at radius 3 is 2.42 bits per heavy atom. The lowest BCUT2D eigenvalue weighted by atomic mass is 10.1. The van der Waals surface area contributed by atoms with Crippen LogP contribution in [0.4, 0.5) is 0 Å². The fourth-order valence-corrected chi connectivity index (χ4v) is 1.56. The van der Waals surface area contributed by atoms with Gasteiger partial charge in [0, 0.05) is 6.04 Å². The molecule has 5 heteroatoms. The molecule has 0 saturated heterocycles. The molecule has 0 saturated carbocycles. The summed E-state index contributed by atoms with van der Waals surface area (Å²) in [7, 11) is 0. The van der Waals surface area contributed by atoms with Crippen LogP contribution in [0, 0.1) is 0 Å². The molecule has 0 heterocycles. The van der Waals surface area contributed by atoms with Crippen molar-refractivity contribution in [1.82, 2.24) is 10.6 Å². The molecule has 0 aliphatic rings. The molecule has 0 spiro atoms. The van der Waals surface area contributed by atoms with E-state index >= 15 is 0 Å². The smallest absolute Gasteiger partial charge is 0.330 e. The molecule has 2 atom stereocenters. The van der Waals surface area contributed by atoms with Crippen molar-refractivity contribution >= 4 is 11.9 Å². The third kappa shape index (κ3) is 5.09. The molecule has 0 fully saturated rings. The number of amides is 1. The number of hydrogen-bond acceptors (Lipinski definition) is 3. The maximum Gasteiger partial charge on any atom is 0.330 e. The summed E-state index contributed by atoms with van der Waals surface area (Å²) >= 11 is 0. The van der Waals surface area contributed by atoms with Crippen molar-refractivity contribution in [2.45, 2.75) is 32.4 Å². The number of benzene rings is 1. The van der Waals surface area contributed by atoms with Crippen molar-refractivity contribution in [3.63, 3.8) is 0 Å². The van der Waals surface area contributed by atoms with Crippen LogP contribution in [0.5, 0.6) is 0 Å². The van der Waals surface area contributed by atoms with E-state index in [4.69, 9.17) is 5.11 Å². The fraction of sp³-hybridized carbons (Fsp3) is 0.429. The lowest BCUT2D eigenvalue weighted by Gasteiger charge is -2.16. The molecule has 3 N–H and O–H groups in total. The van der Waals surface area contributed by atoms with E-state index in [1.54, 1.807) is 30.3 Å². The Balaban J connectivity index is 2.60. The molecule has 5 nitrogen and oxygen atoms in total. The van der Waals surface area contributed by atoms with Gasteiger partial charge >= 0.3 is 5.97 Å². The molecule has 104 valence electrons. The van der Waals surface area contributed by atoms with Crippen LogP contribution in [-0.4, -0.2) is 29.6 Å². The van der Waals surface area contributed by atoms with E-state index in [-0.39, 0.29) is 18.5 Å². The molecule has 1 rings (SSSR count). The minimum Gasteiger partial charge on any atom is -0.479 e. The molecule has 0 radical (unpaired) electrons. The van der Waals surface area contributed by atoms with E-state index in [2.05, 4.69) is 10.6 Å². The van der Waals surface area contributed by atoms with E-state index in [0.717, 1.165) is 6.42 Å². The molecular formula is C14H20N2O3. The average Bonchev–Trinajstić information content (AvgIpc) is 2.42. The van der Waals surface area contributed by atoms with Gasteiger partial charge in [0.05, 0.1) is 6.54 Å². The van der Waals surface area contributed by atoms with Gasteiger partial charge in [0.2, 0.25) is 5.91 Å². The molecule has 1 aromatic rings. The Bertz CT molecular complexity index is 420. The largest absolute Gasteiger partial charge is 0.479 e. The normalized spacial score (nSPS) is 13.6. The molecule has 0 aromatic heterocycles. The molecule has 1 unspecified atom stereocenters. The van der Waals surface area contributed by atoms with Crippen molar-refractivity contribution < 1.29 is 14.7 Å². The number of aliphatic carboxylic acids is 1. The lowest BCUT2D eigenvalue weighted by Crippen LogP contribution is -2.41. The van der Waals surface area contributed by atoms with Gasteiger partial charge in [0.15, 0.2) is 6.04 Å². The first-order chi connectivity index (χ1) is 9.04. The zero-order valence-corrected chi connectivity index (χ0v) is 11.2. The predicted molar refractivity (Wildman–Crippen MR) is 72.7 cm³/mol. The molecule has 1 aromatic carbocycles. The van der Waals surface area contributed by atoms with Crippen LogP contribution in [0.2, 0.25) is 0 Å². The summed E-state index contributed by atoms with van der Waals surface area (Å²) in [6, 6.07) is 7.87. The third-order valence-corrected chi connectivity index (χ3v) is 2.91. The number of rotatable bonds is 7. The Morgan fingerprint density at radius 1 is 1.26 bits per heavy atom. The summed E-state index contributed by atoms with van der Waals surface area (Å²) in [6.07, 6.45) is 0.911. The number of hydrogen-bond donors (Lipinski definition) is 3. The summed E-state index contributed by atoms with van der Waals surface area (Å²) < 4.78 is 0. The summed E-state index contributed by atoms with van der Waals surface area (Å²) in [5.74, 6) is -1.39. The number of carboxylic acids is 1. The highest BCUT2D eigenvalue weighted by molar-refractivity contribution is 5.85. The van der Waals surface area contributed by atoms with Gasteiger partial charge in [-0.2, -0.15) is 0 Å². The first-order valence-corrected chi connectivity index (χ1v) is 6.35. The zero-order chi connectivity index (χ0) is 14.3. The van der Waals surface area contributed by atoms with Crippen LogP contribution < -0.4 is 10.6 Å². The lowest BCUT2D eigenvalue weighted by molar-refractivity contribution is -0.141. The van der Waals surface area contributed by atoms with E-state index in [9.17, 15) is 9.59 Å². The highest BCUT2D eigenvalue weighted by atomic mass is 16.4. The SMILES string of the molecule is CCC(C)NCC(=O)N[C@H](C(=O)O)c1ccccc1.